The van der Waals surface area contributed by atoms with Gasteiger partial charge in [0.2, 0.25) is 5.82 Å². The van der Waals surface area contributed by atoms with Gasteiger partial charge in [-0.1, -0.05) is 24.1 Å². The van der Waals surface area contributed by atoms with Gasteiger partial charge in [0, 0.05) is 16.6 Å². The van der Waals surface area contributed by atoms with Crippen molar-refractivity contribution in [3.63, 3.8) is 0 Å². The van der Waals surface area contributed by atoms with Crippen LogP contribution in [0.3, 0.4) is 0 Å². The van der Waals surface area contributed by atoms with Crippen LogP contribution in [0.5, 0.6) is 0 Å². The summed E-state index contributed by atoms with van der Waals surface area (Å²) in [6, 6.07) is 15.3. The topological polar surface area (TPSA) is 37.8 Å². The number of rotatable bonds is 2. The Morgan fingerprint density at radius 2 is 1.76 bits per heavy atom. The highest BCUT2D eigenvalue weighted by molar-refractivity contribution is 5.91. The first kappa shape index (κ1) is 12.7. The molecule has 98 valence electrons. The Morgan fingerprint density at radius 1 is 0.905 bits per heavy atom. The summed E-state index contributed by atoms with van der Waals surface area (Å²) in [6.45, 7) is 0. The van der Waals surface area contributed by atoms with E-state index in [2.05, 4.69) is 27.1 Å². The Labute approximate surface area is 123 Å². The van der Waals surface area contributed by atoms with Gasteiger partial charge in [-0.3, -0.25) is 0 Å². The molecule has 21 heavy (non-hydrogen) atoms. The summed E-state index contributed by atoms with van der Waals surface area (Å²) in [5, 5.41) is 4.16. The molecule has 1 N–H and O–H groups in total. The van der Waals surface area contributed by atoms with Gasteiger partial charge in [0.25, 0.3) is 0 Å². The lowest BCUT2D eigenvalue weighted by Crippen LogP contribution is -1.99. The third-order valence-corrected chi connectivity index (χ3v) is 3.02. The van der Waals surface area contributed by atoms with Crippen molar-refractivity contribution >= 4 is 22.4 Å². The van der Waals surface area contributed by atoms with Crippen molar-refractivity contribution in [3.8, 4) is 24.7 Å². The van der Waals surface area contributed by atoms with E-state index in [9.17, 15) is 0 Å². The first-order valence-electron chi connectivity index (χ1n) is 6.37. The summed E-state index contributed by atoms with van der Waals surface area (Å²) in [5.41, 5.74) is 2.46. The van der Waals surface area contributed by atoms with Gasteiger partial charge in [0.1, 0.15) is 5.82 Å². The van der Waals surface area contributed by atoms with E-state index in [-0.39, 0.29) is 0 Å². The minimum atomic E-state index is 0.351. The molecule has 0 bridgehead atoms. The van der Waals surface area contributed by atoms with Crippen molar-refractivity contribution in [2.75, 3.05) is 5.32 Å². The molecule has 0 unspecified atom stereocenters. The zero-order chi connectivity index (χ0) is 14.7. The van der Waals surface area contributed by atoms with Crippen LogP contribution >= 0.6 is 0 Å². The molecule has 0 fully saturated rings. The fourth-order valence-corrected chi connectivity index (χ4v) is 2.06. The third-order valence-electron chi connectivity index (χ3n) is 3.02. The van der Waals surface area contributed by atoms with Gasteiger partial charge < -0.3 is 5.32 Å². The molecule has 0 saturated heterocycles. The predicted molar refractivity (Wildman–Crippen MR) is 85.1 cm³/mol. The molecule has 1 aromatic heterocycles. The number of para-hydroxylation sites is 1. The molecule has 0 aliphatic heterocycles. The summed E-state index contributed by atoms with van der Waals surface area (Å²) in [4.78, 5) is 8.67. The van der Waals surface area contributed by atoms with Crippen molar-refractivity contribution in [1.82, 2.24) is 9.97 Å². The maximum atomic E-state index is 5.42. The molecule has 0 aliphatic carbocycles. The Hall–Kier alpha value is -3.30. The van der Waals surface area contributed by atoms with Gasteiger partial charge in [0.15, 0.2) is 0 Å². The van der Waals surface area contributed by atoms with Gasteiger partial charge in [-0.2, -0.15) is 0 Å². The van der Waals surface area contributed by atoms with Crippen LogP contribution in [0.2, 0.25) is 0 Å². The van der Waals surface area contributed by atoms with Crippen molar-refractivity contribution in [1.29, 1.82) is 0 Å². The molecule has 3 nitrogen and oxygen atoms in total. The van der Waals surface area contributed by atoms with Crippen LogP contribution in [-0.2, 0) is 0 Å². The lowest BCUT2D eigenvalue weighted by Gasteiger charge is -2.09. The van der Waals surface area contributed by atoms with E-state index >= 15 is 0 Å². The Bertz CT molecular complexity index is 898. The standard InChI is InChI=1S/C18H11N3/c1-3-13-8-7-9-14(12-13)19-18-15-10-5-6-11-16(15)20-17(4-2)21-18/h1-2,5-12H,(H,19,20,21). The molecule has 3 heteroatoms. The van der Waals surface area contributed by atoms with Crippen LogP contribution in [0.1, 0.15) is 11.4 Å². The number of nitrogens with zero attached hydrogens (tertiary/aromatic N) is 2. The normalized spacial score (nSPS) is 9.81. The zero-order valence-electron chi connectivity index (χ0n) is 11.2. The maximum Gasteiger partial charge on any atom is 0.207 e. The van der Waals surface area contributed by atoms with E-state index in [1.54, 1.807) is 0 Å². The molecular weight excluding hydrogens is 258 g/mol. The first-order chi connectivity index (χ1) is 10.3. The molecule has 0 amide bonds. The molecule has 0 spiro atoms. The van der Waals surface area contributed by atoms with E-state index in [0.29, 0.717) is 11.6 Å². The summed E-state index contributed by atoms with van der Waals surface area (Å²) in [6.07, 6.45) is 10.8. The first-order valence-corrected chi connectivity index (χ1v) is 6.37. The van der Waals surface area contributed by atoms with E-state index < -0.39 is 0 Å². The molecule has 0 atom stereocenters. The molecule has 1 heterocycles. The fraction of sp³-hybridized carbons (Fsp3) is 0. The Morgan fingerprint density at radius 3 is 2.57 bits per heavy atom. The van der Waals surface area contributed by atoms with Gasteiger partial charge in [-0.05, 0) is 36.3 Å². The highest BCUT2D eigenvalue weighted by atomic mass is 15.0. The average Bonchev–Trinajstić information content (AvgIpc) is 2.55. The van der Waals surface area contributed by atoms with E-state index in [1.165, 1.54) is 0 Å². The Kier molecular flexibility index (Phi) is 3.25. The second-order valence-corrected chi connectivity index (χ2v) is 4.41. The predicted octanol–water partition coefficient (Wildman–Crippen LogP) is 3.34. The van der Waals surface area contributed by atoms with Gasteiger partial charge in [-0.15, -0.1) is 12.8 Å². The highest BCUT2D eigenvalue weighted by Gasteiger charge is 2.06. The minimum absolute atomic E-state index is 0.351. The summed E-state index contributed by atoms with van der Waals surface area (Å²) in [5.74, 6) is 6.10. The largest absolute Gasteiger partial charge is 0.340 e. The molecular formula is C18H11N3. The molecule has 0 radical (unpaired) electrons. The van der Waals surface area contributed by atoms with Crippen LogP contribution in [0, 0.1) is 24.7 Å². The second-order valence-electron chi connectivity index (χ2n) is 4.41. The van der Waals surface area contributed by atoms with Crippen molar-refractivity contribution in [2.24, 2.45) is 0 Å². The van der Waals surface area contributed by atoms with Crippen molar-refractivity contribution in [3.05, 3.63) is 59.9 Å². The number of fused-ring (bicyclic) bond motifs is 1. The van der Waals surface area contributed by atoms with Crippen molar-refractivity contribution in [2.45, 2.75) is 0 Å². The van der Waals surface area contributed by atoms with E-state index in [0.717, 1.165) is 22.2 Å². The highest BCUT2D eigenvalue weighted by Crippen LogP contribution is 2.24. The number of hydrogen-bond acceptors (Lipinski definition) is 3. The quantitative estimate of drug-likeness (QED) is 0.725. The van der Waals surface area contributed by atoms with Crippen molar-refractivity contribution < 1.29 is 0 Å². The smallest absolute Gasteiger partial charge is 0.207 e. The fourth-order valence-electron chi connectivity index (χ4n) is 2.06. The average molecular weight is 269 g/mol. The summed E-state index contributed by atoms with van der Waals surface area (Å²) < 4.78 is 0. The van der Waals surface area contributed by atoms with Crippen LogP contribution < -0.4 is 5.32 Å². The van der Waals surface area contributed by atoms with Crippen LogP contribution in [-0.4, -0.2) is 9.97 Å². The number of benzene rings is 2. The summed E-state index contributed by atoms with van der Waals surface area (Å²) >= 11 is 0. The number of terminal acetylenes is 2. The monoisotopic (exact) mass is 269 g/mol. The molecule has 3 rings (SSSR count). The maximum absolute atomic E-state index is 5.42. The molecule has 0 aliphatic rings. The second kappa shape index (κ2) is 5.36. The molecule has 0 saturated carbocycles. The van der Waals surface area contributed by atoms with Crippen LogP contribution in [0.4, 0.5) is 11.5 Å². The Balaban J connectivity index is 2.11. The van der Waals surface area contributed by atoms with Crippen LogP contribution in [0.25, 0.3) is 10.9 Å². The number of hydrogen-bond donors (Lipinski definition) is 1. The van der Waals surface area contributed by atoms with Crippen LogP contribution in [0.15, 0.2) is 48.5 Å². The number of aromatic nitrogens is 2. The van der Waals surface area contributed by atoms with E-state index in [1.807, 2.05) is 48.5 Å². The number of anilines is 2. The third kappa shape index (κ3) is 2.54. The molecule has 3 aromatic rings. The van der Waals surface area contributed by atoms with Gasteiger partial charge in [0.05, 0.1) is 5.52 Å². The van der Waals surface area contributed by atoms with Gasteiger partial charge in [-0.25, -0.2) is 9.97 Å². The lowest BCUT2D eigenvalue weighted by molar-refractivity contribution is 1.17. The lowest BCUT2D eigenvalue weighted by atomic mass is 10.2. The van der Waals surface area contributed by atoms with E-state index in [4.69, 9.17) is 12.8 Å². The minimum Gasteiger partial charge on any atom is -0.340 e. The van der Waals surface area contributed by atoms with Gasteiger partial charge >= 0.3 is 0 Å². The SMILES string of the molecule is C#Cc1cccc(Nc2nc(C#C)nc3ccccc23)c1. The number of nitrogens with one attached hydrogen (secondary N) is 1. The molecule has 2 aromatic carbocycles. The zero-order valence-corrected chi connectivity index (χ0v) is 11.2. The summed E-state index contributed by atoms with van der Waals surface area (Å²) in [7, 11) is 0.